The fourth-order valence-electron chi connectivity index (χ4n) is 12.0. The van der Waals surface area contributed by atoms with E-state index in [9.17, 15) is 0 Å². The number of nitrogens with zero attached hydrogens (tertiary/aromatic N) is 12. The standard InChI is InChI=1S/C80H88N12/c1(39-83-49-15-71(16-50-83)69-11-35-81-36-12-69)3-41-85-53-19-73(20-54-85)75-23-57-87(58-24-75)43-5-7-45-89-61-27-77(28-62-89)79-31-65-91(66-32-79)47-9-10-48-92-67-33-80(34-68-92)78-29-63-90(64-30-78)46-8-6-44-88-59-25-76(26-60-88)74-21-55-86(56-22-74)42-4-2-40-84-51-17-72(18-52-84)70-13-37-82-38-14-70/h11-38,49-68H,1-10,39-48H2/q+10. The minimum absolute atomic E-state index is 1.01. The molecule has 0 unspecified atom stereocenters. The predicted molar refractivity (Wildman–Crippen MR) is 355 cm³/mol. The maximum atomic E-state index is 4.13. The van der Waals surface area contributed by atoms with E-state index in [4.69, 9.17) is 0 Å². The van der Waals surface area contributed by atoms with Crippen molar-refractivity contribution < 1.29 is 45.7 Å². The molecule has 12 heterocycles. The molecule has 0 amide bonds. The molecule has 12 aromatic heterocycles. The minimum atomic E-state index is 1.01. The Morgan fingerprint density at radius 2 is 0.239 bits per heavy atom. The molecule has 0 spiro atoms. The van der Waals surface area contributed by atoms with Gasteiger partial charge in [-0.15, -0.1) is 0 Å². The molecule has 0 fully saturated rings. The van der Waals surface area contributed by atoms with Crippen molar-refractivity contribution in [3.63, 3.8) is 0 Å². The third-order valence-electron chi connectivity index (χ3n) is 17.7. The van der Waals surface area contributed by atoms with E-state index < -0.39 is 0 Å². The van der Waals surface area contributed by atoms with Crippen LogP contribution in [-0.2, 0) is 65.4 Å². The van der Waals surface area contributed by atoms with Crippen LogP contribution in [0.2, 0.25) is 0 Å². The van der Waals surface area contributed by atoms with Crippen LogP contribution in [-0.4, -0.2) is 9.97 Å². The molecule has 0 aliphatic heterocycles. The highest BCUT2D eigenvalue weighted by Gasteiger charge is 2.14. The summed E-state index contributed by atoms with van der Waals surface area (Å²) in [5.41, 5.74) is 14.9. The van der Waals surface area contributed by atoms with Gasteiger partial charge in [0.2, 0.25) is 0 Å². The summed E-state index contributed by atoms with van der Waals surface area (Å²) in [5, 5.41) is 0. The highest BCUT2D eigenvalue weighted by molar-refractivity contribution is 5.64. The molecule has 458 valence electrons. The first-order chi connectivity index (χ1) is 45.5. The van der Waals surface area contributed by atoms with E-state index in [2.05, 4.69) is 325 Å². The molecule has 12 heteroatoms. The van der Waals surface area contributed by atoms with Gasteiger partial charge in [-0.25, -0.2) is 45.7 Å². The van der Waals surface area contributed by atoms with E-state index in [-0.39, 0.29) is 0 Å². The number of unbranched alkanes of at least 4 members (excludes halogenated alkanes) is 5. The van der Waals surface area contributed by atoms with Crippen molar-refractivity contribution in [3.05, 3.63) is 294 Å². The van der Waals surface area contributed by atoms with Crippen LogP contribution in [0.3, 0.4) is 0 Å². The molecule has 0 aromatic carbocycles. The van der Waals surface area contributed by atoms with E-state index in [1.807, 2.05) is 24.8 Å². The fraction of sp³-hybridized carbons (Fsp3) is 0.250. The van der Waals surface area contributed by atoms with Crippen molar-refractivity contribution in [2.75, 3.05) is 0 Å². The van der Waals surface area contributed by atoms with E-state index in [1.165, 1.54) is 66.8 Å². The van der Waals surface area contributed by atoms with Crippen molar-refractivity contribution in [1.82, 2.24) is 9.97 Å². The van der Waals surface area contributed by atoms with Crippen LogP contribution in [0.1, 0.15) is 64.2 Å². The fourth-order valence-corrected chi connectivity index (χ4v) is 12.0. The van der Waals surface area contributed by atoms with Gasteiger partial charge in [-0.05, 0) is 91.0 Å². The second-order valence-electron chi connectivity index (χ2n) is 24.3. The molecule has 12 nitrogen and oxygen atoms in total. The Morgan fingerprint density at radius 3 is 0.348 bits per heavy atom. The highest BCUT2D eigenvalue weighted by Crippen LogP contribution is 2.21. The number of rotatable bonds is 31. The molecule has 0 aliphatic carbocycles. The lowest BCUT2D eigenvalue weighted by Gasteiger charge is -2.03. The lowest BCUT2D eigenvalue weighted by Crippen LogP contribution is -2.36. The molecule has 0 atom stereocenters. The minimum Gasteiger partial charge on any atom is -0.265 e. The highest BCUT2D eigenvalue weighted by atomic mass is 15.0. The maximum Gasteiger partial charge on any atom is 0.169 e. The van der Waals surface area contributed by atoms with Crippen LogP contribution >= 0.6 is 0 Å². The van der Waals surface area contributed by atoms with E-state index >= 15 is 0 Å². The number of aromatic nitrogens is 12. The second-order valence-corrected chi connectivity index (χ2v) is 24.3. The SMILES string of the molecule is c1cc(-c2cc[n+](CCCC[n+]3ccc(-c4cc[n+](CCCC[n+]5ccc(-c6cc[n+](CCCC[n+]7ccc(-c8cc[n+](CCCC[n+]9ccc(-c%10cc[n+](CCCC[n+]%11ccc(-c%12ccncc%12)cc%11)cc%10)cc9)cc8)cc7)cc6)cc5)cc4)cc3)cc2)ccn1. The molecular weight excluding hydrogens is 1130 g/mol. The largest absolute Gasteiger partial charge is 0.265 e. The van der Waals surface area contributed by atoms with Gasteiger partial charge in [0.05, 0.1) is 0 Å². The zero-order valence-corrected chi connectivity index (χ0v) is 53.2. The summed E-state index contributed by atoms with van der Waals surface area (Å²) in [6.45, 7) is 10.1. The Morgan fingerprint density at radius 1 is 0.141 bits per heavy atom. The van der Waals surface area contributed by atoms with Gasteiger partial charge in [0.15, 0.2) is 124 Å². The number of aryl methyl sites for hydroxylation is 10. The topological polar surface area (TPSA) is 64.6 Å². The zero-order valence-electron chi connectivity index (χ0n) is 53.2. The van der Waals surface area contributed by atoms with Gasteiger partial charge in [-0.2, -0.15) is 0 Å². The maximum absolute atomic E-state index is 4.13. The normalized spacial score (nSPS) is 11.3. The van der Waals surface area contributed by atoms with Crippen LogP contribution in [0.4, 0.5) is 0 Å². The molecule has 0 radical (unpaired) electrons. The van der Waals surface area contributed by atoms with Crippen LogP contribution < -0.4 is 45.7 Å². The number of hydrogen-bond donors (Lipinski definition) is 0. The van der Waals surface area contributed by atoms with Gasteiger partial charge < -0.3 is 0 Å². The Hall–Kier alpha value is -10.2. The van der Waals surface area contributed by atoms with Crippen LogP contribution in [0.5, 0.6) is 0 Å². The molecule has 12 rings (SSSR count). The average molecular weight is 1220 g/mol. The summed E-state index contributed by atoms with van der Waals surface area (Å²) in [5.74, 6) is 0. The van der Waals surface area contributed by atoms with Gasteiger partial charge >= 0.3 is 0 Å². The first-order valence-electron chi connectivity index (χ1n) is 33.3. The molecule has 12 aromatic rings. The molecule has 0 saturated carbocycles. The quantitative estimate of drug-likeness (QED) is 0.0321. The van der Waals surface area contributed by atoms with Gasteiger partial charge in [-0.1, -0.05) is 0 Å². The summed E-state index contributed by atoms with van der Waals surface area (Å²) in [4.78, 5) is 8.26. The lowest BCUT2D eigenvalue weighted by molar-refractivity contribution is -0.708. The van der Waals surface area contributed by atoms with Crippen molar-refractivity contribution in [1.29, 1.82) is 0 Å². The van der Waals surface area contributed by atoms with Gasteiger partial charge in [0.25, 0.3) is 0 Å². The third kappa shape index (κ3) is 18.2. The molecule has 0 saturated heterocycles. The van der Waals surface area contributed by atoms with Crippen LogP contribution in [0.25, 0.3) is 66.8 Å². The zero-order chi connectivity index (χ0) is 62.2. The van der Waals surface area contributed by atoms with Gasteiger partial charge in [0, 0.05) is 210 Å². The summed E-state index contributed by atoms with van der Waals surface area (Å²) < 4.78 is 23.0. The number of pyridine rings is 12. The molecule has 0 N–H and O–H groups in total. The molecule has 0 bridgehead atoms. The van der Waals surface area contributed by atoms with Crippen molar-refractivity contribution in [2.45, 2.75) is 130 Å². The summed E-state index contributed by atoms with van der Waals surface area (Å²) in [7, 11) is 0. The molecular formula is C80H88N12+10. The summed E-state index contributed by atoms with van der Waals surface area (Å²) in [6.07, 6.45) is 62.9. The van der Waals surface area contributed by atoms with Gasteiger partial charge in [0.1, 0.15) is 65.4 Å². The first-order valence-corrected chi connectivity index (χ1v) is 33.3. The predicted octanol–water partition coefficient (Wildman–Crippen LogP) is 10.8. The average Bonchev–Trinajstić information content (AvgIpc) is 2.92. The third-order valence-corrected chi connectivity index (χ3v) is 17.7. The monoisotopic (exact) mass is 1220 g/mol. The Labute approximate surface area is 543 Å². The first kappa shape index (κ1) is 62.0. The second kappa shape index (κ2) is 32.5. The van der Waals surface area contributed by atoms with Crippen LogP contribution in [0.15, 0.2) is 294 Å². The van der Waals surface area contributed by atoms with E-state index in [1.54, 1.807) is 0 Å². The number of hydrogen-bond acceptors (Lipinski definition) is 2. The van der Waals surface area contributed by atoms with Crippen LogP contribution in [0, 0.1) is 0 Å². The smallest absolute Gasteiger partial charge is 0.169 e. The Balaban J connectivity index is 0.486. The molecule has 92 heavy (non-hydrogen) atoms. The summed E-state index contributed by atoms with van der Waals surface area (Å²) in [6, 6.07) is 52.8. The van der Waals surface area contributed by atoms with Crippen molar-refractivity contribution in [2.24, 2.45) is 0 Å². The lowest BCUT2D eigenvalue weighted by atomic mass is 10.1. The van der Waals surface area contributed by atoms with Gasteiger partial charge in [-0.3, -0.25) is 9.97 Å². The van der Waals surface area contributed by atoms with Crippen molar-refractivity contribution in [3.8, 4) is 66.8 Å². The van der Waals surface area contributed by atoms with E-state index in [0.29, 0.717) is 0 Å². The van der Waals surface area contributed by atoms with Crippen molar-refractivity contribution >= 4 is 0 Å². The van der Waals surface area contributed by atoms with E-state index in [0.717, 1.165) is 130 Å². The molecule has 0 aliphatic rings. The Bertz CT molecular complexity index is 3840. The Kier molecular flexibility index (Phi) is 21.9. The summed E-state index contributed by atoms with van der Waals surface area (Å²) >= 11 is 0.